The summed E-state index contributed by atoms with van der Waals surface area (Å²) in [4.78, 5) is 12.0. The number of rotatable bonds is 3. The third-order valence-corrected chi connectivity index (χ3v) is 4.11. The first-order valence-corrected chi connectivity index (χ1v) is 7.07. The number of benzene rings is 1. The van der Waals surface area contributed by atoms with Gasteiger partial charge in [-0.3, -0.25) is 0 Å². The average Bonchev–Trinajstić information content (AvgIpc) is 2.43. The minimum Gasteiger partial charge on any atom is -0.460 e. The molecule has 0 radical (unpaired) electrons. The van der Waals surface area contributed by atoms with Crippen molar-refractivity contribution in [3.63, 3.8) is 0 Å². The van der Waals surface area contributed by atoms with Crippen molar-refractivity contribution < 1.29 is 14.7 Å². The largest absolute Gasteiger partial charge is 0.460 e. The molecule has 1 atom stereocenters. The van der Waals surface area contributed by atoms with Gasteiger partial charge in [0.2, 0.25) is 0 Å². The molecule has 0 saturated carbocycles. The maximum atomic E-state index is 12.0. The molecule has 0 bridgehead atoms. The first kappa shape index (κ1) is 15.0. The topological polar surface area (TPSA) is 49.8 Å². The van der Waals surface area contributed by atoms with E-state index >= 15 is 0 Å². The molecule has 1 heterocycles. The quantitative estimate of drug-likeness (QED) is 0.862. The summed E-state index contributed by atoms with van der Waals surface area (Å²) in [5.74, 6) is -0.344. The van der Waals surface area contributed by atoms with Gasteiger partial charge in [-0.2, -0.15) is 5.06 Å². The van der Waals surface area contributed by atoms with Crippen molar-refractivity contribution >= 4 is 5.97 Å². The Morgan fingerprint density at radius 1 is 1.25 bits per heavy atom. The summed E-state index contributed by atoms with van der Waals surface area (Å²) in [5, 5.41) is 11.7. The van der Waals surface area contributed by atoms with E-state index in [9.17, 15) is 10.0 Å². The first-order chi connectivity index (χ1) is 9.35. The van der Waals surface area contributed by atoms with Crippen molar-refractivity contribution in [1.82, 2.24) is 5.06 Å². The smallest absolute Gasteiger partial charge is 0.338 e. The molecule has 1 aliphatic heterocycles. The third kappa shape index (κ3) is 3.02. The average molecular weight is 277 g/mol. The van der Waals surface area contributed by atoms with Crippen molar-refractivity contribution in [3.05, 3.63) is 35.9 Å². The summed E-state index contributed by atoms with van der Waals surface area (Å²) in [7, 11) is 0. The Morgan fingerprint density at radius 2 is 1.90 bits per heavy atom. The van der Waals surface area contributed by atoms with Crippen molar-refractivity contribution in [2.75, 3.05) is 6.61 Å². The molecule has 0 amide bonds. The molecule has 1 N–H and O–H groups in total. The highest BCUT2D eigenvalue weighted by Crippen LogP contribution is 2.36. The number of hydrogen-bond donors (Lipinski definition) is 1. The fourth-order valence-electron chi connectivity index (χ4n) is 2.86. The van der Waals surface area contributed by atoms with Gasteiger partial charge in [0, 0.05) is 5.54 Å². The SMILES string of the molecule is CC1(C)CCCC(C)(COC(=O)c2ccccc2)N1O. The zero-order chi connectivity index (χ0) is 14.8. The Labute approximate surface area is 120 Å². The number of hydrogen-bond acceptors (Lipinski definition) is 4. The van der Waals surface area contributed by atoms with Crippen LogP contribution in [0.1, 0.15) is 50.4 Å². The van der Waals surface area contributed by atoms with Crippen LogP contribution in [0.2, 0.25) is 0 Å². The van der Waals surface area contributed by atoms with Gasteiger partial charge in [-0.15, -0.1) is 0 Å². The van der Waals surface area contributed by atoms with Crippen molar-refractivity contribution in [3.8, 4) is 0 Å². The van der Waals surface area contributed by atoms with Crippen LogP contribution < -0.4 is 0 Å². The highest BCUT2D eigenvalue weighted by atomic mass is 16.5. The third-order valence-electron chi connectivity index (χ3n) is 4.11. The van der Waals surface area contributed by atoms with Crippen LogP contribution in [0.4, 0.5) is 0 Å². The lowest BCUT2D eigenvalue weighted by atomic mass is 9.81. The predicted octanol–water partition coefficient (Wildman–Crippen LogP) is 3.26. The first-order valence-electron chi connectivity index (χ1n) is 7.07. The molecule has 0 aliphatic carbocycles. The number of ether oxygens (including phenoxy) is 1. The molecule has 1 unspecified atom stereocenters. The summed E-state index contributed by atoms with van der Waals surface area (Å²) in [5.41, 5.74) is -0.270. The standard InChI is InChI=1S/C16H23NO3/c1-15(2)10-7-11-16(3,17(15)19)12-20-14(18)13-8-5-4-6-9-13/h4-6,8-9,19H,7,10-12H2,1-3H3. The Bertz CT molecular complexity index is 472. The van der Waals surface area contributed by atoms with E-state index in [1.165, 1.54) is 5.06 Å². The van der Waals surface area contributed by atoms with E-state index in [1.807, 2.05) is 26.8 Å². The van der Waals surface area contributed by atoms with Gasteiger partial charge in [0.1, 0.15) is 6.61 Å². The van der Waals surface area contributed by atoms with Crippen LogP contribution in [0.3, 0.4) is 0 Å². The van der Waals surface area contributed by atoms with Crippen molar-refractivity contribution in [2.24, 2.45) is 0 Å². The number of hydroxylamine groups is 2. The lowest BCUT2D eigenvalue weighted by Crippen LogP contribution is -2.60. The van der Waals surface area contributed by atoms with E-state index in [1.54, 1.807) is 24.3 Å². The van der Waals surface area contributed by atoms with E-state index in [2.05, 4.69) is 0 Å². The lowest BCUT2D eigenvalue weighted by molar-refractivity contribution is -0.255. The Hall–Kier alpha value is -1.39. The van der Waals surface area contributed by atoms with Gasteiger partial charge in [0.05, 0.1) is 11.1 Å². The summed E-state index contributed by atoms with van der Waals surface area (Å²) < 4.78 is 5.39. The van der Waals surface area contributed by atoms with E-state index < -0.39 is 5.54 Å². The highest BCUT2D eigenvalue weighted by Gasteiger charge is 2.44. The van der Waals surface area contributed by atoms with E-state index in [0.29, 0.717) is 5.56 Å². The fraction of sp³-hybridized carbons (Fsp3) is 0.562. The fourth-order valence-corrected chi connectivity index (χ4v) is 2.86. The maximum absolute atomic E-state index is 12.0. The summed E-state index contributed by atoms with van der Waals surface area (Å²) in [6.07, 6.45) is 2.77. The number of nitrogens with zero attached hydrogens (tertiary/aromatic N) is 1. The second-order valence-corrected chi connectivity index (χ2v) is 6.42. The Balaban J connectivity index is 2.01. The minimum atomic E-state index is -0.522. The van der Waals surface area contributed by atoms with Gasteiger partial charge in [-0.25, -0.2) is 4.79 Å². The van der Waals surface area contributed by atoms with Gasteiger partial charge in [-0.05, 0) is 52.2 Å². The molecular weight excluding hydrogens is 254 g/mol. The van der Waals surface area contributed by atoms with Gasteiger partial charge in [0.25, 0.3) is 0 Å². The second kappa shape index (κ2) is 5.54. The lowest BCUT2D eigenvalue weighted by Gasteiger charge is -2.49. The minimum absolute atomic E-state index is 0.195. The van der Waals surface area contributed by atoms with Crippen LogP contribution in [0.5, 0.6) is 0 Å². The summed E-state index contributed by atoms with van der Waals surface area (Å²) in [6, 6.07) is 8.93. The molecule has 0 spiro atoms. The number of carbonyl (C=O) groups excluding carboxylic acids is 1. The number of carbonyl (C=O) groups is 1. The predicted molar refractivity (Wildman–Crippen MR) is 76.7 cm³/mol. The van der Waals surface area contributed by atoms with Crippen LogP contribution in [0.25, 0.3) is 0 Å². The Morgan fingerprint density at radius 3 is 2.55 bits per heavy atom. The monoisotopic (exact) mass is 277 g/mol. The molecule has 20 heavy (non-hydrogen) atoms. The molecule has 4 nitrogen and oxygen atoms in total. The van der Waals surface area contributed by atoms with Crippen LogP contribution in [0.15, 0.2) is 30.3 Å². The second-order valence-electron chi connectivity index (χ2n) is 6.42. The molecule has 1 aromatic carbocycles. The van der Waals surface area contributed by atoms with Crippen molar-refractivity contribution in [2.45, 2.75) is 51.1 Å². The van der Waals surface area contributed by atoms with Crippen LogP contribution in [-0.4, -0.2) is 33.9 Å². The van der Waals surface area contributed by atoms with E-state index in [0.717, 1.165) is 19.3 Å². The Kier molecular flexibility index (Phi) is 4.16. The molecule has 1 saturated heterocycles. The van der Waals surface area contributed by atoms with Crippen LogP contribution in [-0.2, 0) is 4.74 Å². The summed E-state index contributed by atoms with van der Waals surface area (Å²) in [6.45, 7) is 6.14. The molecular formula is C16H23NO3. The number of esters is 1. The molecule has 1 aromatic rings. The van der Waals surface area contributed by atoms with Crippen LogP contribution >= 0.6 is 0 Å². The number of piperidine rings is 1. The zero-order valence-corrected chi connectivity index (χ0v) is 12.4. The van der Waals surface area contributed by atoms with Crippen LogP contribution in [0, 0.1) is 0 Å². The van der Waals surface area contributed by atoms with Gasteiger partial charge >= 0.3 is 5.97 Å². The molecule has 110 valence electrons. The summed E-state index contributed by atoms with van der Waals surface area (Å²) >= 11 is 0. The van der Waals surface area contributed by atoms with Gasteiger partial charge < -0.3 is 9.94 Å². The van der Waals surface area contributed by atoms with Crippen molar-refractivity contribution in [1.29, 1.82) is 0 Å². The maximum Gasteiger partial charge on any atom is 0.338 e. The highest BCUT2D eigenvalue weighted by molar-refractivity contribution is 5.89. The van der Waals surface area contributed by atoms with E-state index in [4.69, 9.17) is 4.74 Å². The normalized spacial score (nSPS) is 26.2. The van der Waals surface area contributed by atoms with Gasteiger partial charge in [-0.1, -0.05) is 18.2 Å². The van der Waals surface area contributed by atoms with Gasteiger partial charge in [0.15, 0.2) is 0 Å². The molecule has 2 rings (SSSR count). The molecule has 1 fully saturated rings. The van der Waals surface area contributed by atoms with E-state index in [-0.39, 0.29) is 18.1 Å². The molecule has 1 aliphatic rings. The zero-order valence-electron chi connectivity index (χ0n) is 12.4. The molecule has 0 aromatic heterocycles. The molecule has 4 heteroatoms.